The average Bonchev–Trinajstić information content (AvgIpc) is 2.13. The van der Waals surface area contributed by atoms with E-state index in [0.717, 1.165) is 27.7 Å². The molecule has 0 unspecified atom stereocenters. The first-order chi connectivity index (χ1) is 8.84. The fourth-order valence-electron chi connectivity index (χ4n) is 0. The van der Waals surface area contributed by atoms with Gasteiger partial charge in [0, 0.05) is 38.2 Å². The van der Waals surface area contributed by atoms with Crippen molar-refractivity contribution in [2.24, 2.45) is 11.5 Å². The second-order valence-electron chi connectivity index (χ2n) is 2.41. The zero-order valence-corrected chi connectivity index (χ0v) is 17.7. The predicted molar refractivity (Wildman–Crippen MR) is 65.5 cm³/mol. The summed E-state index contributed by atoms with van der Waals surface area (Å²) < 4.78 is 0. The molecule has 0 aromatic heterocycles. The van der Waals surface area contributed by atoms with Crippen LogP contribution in [0.5, 0.6) is 0 Å². The molecule has 0 aromatic rings. The Labute approximate surface area is 173 Å². The van der Waals surface area contributed by atoms with Crippen molar-refractivity contribution in [3.8, 4) is 0 Å². The molecule has 0 rings (SSSR count). The van der Waals surface area contributed by atoms with Gasteiger partial charge in [-0.1, -0.05) is 0 Å². The summed E-state index contributed by atoms with van der Waals surface area (Å²) >= 11 is 0. The molecule has 0 spiro atoms. The minimum Gasteiger partial charge on any atom is -0.550 e. The normalized spacial score (nSPS) is 6.18. The van der Waals surface area contributed by atoms with Crippen molar-refractivity contribution < 1.29 is 98.7 Å². The van der Waals surface area contributed by atoms with Crippen LogP contribution in [0.3, 0.4) is 0 Å². The molecular weight excluding hydrogens is 322 g/mol. The van der Waals surface area contributed by atoms with Crippen LogP contribution in [0.1, 0.15) is 27.7 Å². The molecule has 0 saturated heterocycles. The maximum Gasteiger partial charge on any atom is 1.00 e. The number of nitrogens with two attached hydrogens (primary N) is 2. The van der Waals surface area contributed by atoms with Crippen LogP contribution in [0, 0.1) is 0 Å². The molecule has 0 bridgehead atoms. The fraction of sp³-hybridized carbons (Fsp3) is 0.400. The van der Waals surface area contributed by atoms with Gasteiger partial charge < -0.3 is 41.5 Å². The van der Waals surface area contributed by atoms with E-state index in [1.165, 1.54) is 12.4 Å². The average molecular weight is 342 g/mol. The van der Waals surface area contributed by atoms with Crippen molar-refractivity contribution >= 4 is 23.9 Å². The summed E-state index contributed by atoms with van der Waals surface area (Å²) in [6, 6.07) is 0. The monoisotopic (exact) mass is 342 g/mol. The summed E-state index contributed by atoms with van der Waals surface area (Å²) in [6.07, 6.45) is 2.56. The van der Waals surface area contributed by atoms with E-state index in [1.54, 1.807) is 0 Å². The van der Waals surface area contributed by atoms with Crippen LogP contribution >= 0.6 is 0 Å². The zero-order chi connectivity index (χ0) is 17.7. The molecule has 0 aromatic carbocycles. The fourth-order valence-corrected chi connectivity index (χ4v) is 0. The third-order valence-corrected chi connectivity index (χ3v) is 0.111. The minimum absolute atomic E-state index is 0. The van der Waals surface area contributed by atoms with Crippen molar-refractivity contribution in [1.82, 2.24) is 0 Å². The van der Waals surface area contributed by atoms with Crippen LogP contribution in [0.15, 0.2) is 12.4 Å². The molecule has 0 amide bonds. The second kappa shape index (κ2) is 42.7. The van der Waals surface area contributed by atoms with Gasteiger partial charge >= 0.3 is 59.1 Å². The summed E-state index contributed by atoms with van der Waals surface area (Å²) in [6.45, 7) is 4.11. The summed E-state index contributed by atoms with van der Waals surface area (Å²) in [4.78, 5) is 35.8. The largest absolute Gasteiger partial charge is 1.00 e. The standard InChI is InChI=1S/C2H6N2.4C2H4O2.2Na/c3-1-2-4;4*1-2(3)4;;/h1-2H,3-4H2;4*1H3,(H,3,4);;/q;;;;;2*+1/p-2. The smallest absolute Gasteiger partial charge is 0.550 e. The SMILES string of the molecule is CC(=O)O.CC(=O)O.CC(=O)[O-].CC(=O)[O-].NC=CN.[Na+].[Na+]. The van der Waals surface area contributed by atoms with E-state index in [0.29, 0.717) is 0 Å². The summed E-state index contributed by atoms with van der Waals surface area (Å²) in [7, 11) is 0. The summed E-state index contributed by atoms with van der Waals surface area (Å²) in [5, 5.41) is 32.6. The first kappa shape index (κ1) is 42.9. The Morgan fingerprint density at radius 3 is 0.773 bits per heavy atom. The van der Waals surface area contributed by atoms with Crippen LogP contribution in [0.25, 0.3) is 0 Å². The van der Waals surface area contributed by atoms with Crippen LogP contribution in [-0.2, 0) is 19.2 Å². The van der Waals surface area contributed by atoms with Crippen molar-refractivity contribution in [3.05, 3.63) is 12.4 Å². The van der Waals surface area contributed by atoms with Gasteiger partial charge in [0.2, 0.25) is 0 Å². The Bertz CT molecular complexity index is 231. The van der Waals surface area contributed by atoms with E-state index < -0.39 is 23.9 Å². The quantitative estimate of drug-likeness (QED) is 0.305. The van der Waals surface area contributed by atoms with Crippen LogP contribution in [0.2, 0.25) is 0 Å². The molecule has 0 aliphatic heterocycles. The molecule has 0 aliphatic rings. The third kappa shape index (κ3) is 132000. The second-order valence-corrected chi connectivity index (χ2v) is 2.41. The van der Waals surface area contributed by atoms with E-state index >= 15 is 0 Å². The first-order valence-electron chi connectivity index (χ1n) is 4.67. The molecule has 0 radical (unpaired) electrons. The maximum absolute atomic E-state index is 9.00. The number of carboxylic acids is 4. The van der Waals surface area contributed by atoms with Crippen molar-refractivity contribution in [1.29, 1.82) is 0 Å². The van der Waals surface area contributed by atoms with Gasteiger partial charge in [0.25, 0.3) is 11.9 Å². The van der Waals surface area contributed by atoms with Gasteiger partial charge in [-0.25, -0.2) is 0 Å². The Morgan fingerprint density at radius 2 is 0.773 bits per heavy atom. The van der Waals surface area contributed by atoms with Gasteiger partial charge in [-0.3, -0.25) is 9.59 Å². The molecule has 12 heteroatoms. The number of carbonyl (C=O) groups is 4. The topological polar surface area (TPSA) is 207 Å². The minimum atomic E-state index is -1.08. The molecule has 0 fully saturated rings. The number of rotatable bonds is 0. The molecule has 0 atom stereocenters. The van der Waals surface area contributed by atoms with Gasteiger partial charge in [-0.05, 0) is 13.8 Å². The van der Waals surface area contributed by atoms with Gasteiger partial charge in [0.05, 0.1) is 0 Å². The van der Waals surface area contributed by atoms with Gasteiger partial charge in [-0.15, -0.1) is 0 Å². The van der Waals surface area contributed by atoms with E-state index in [4.69, 9.17) is 51.1 Å². The summed E-state index contributed by atoms with van der Waals surface area (Å²) in [5.41, 5.74) is 9.44. The maximum atomic E-state index is 9.00. The number of hydrogen-bond acceptors (Lipinski definition) is 8. The van der Waals surface area contributed by atoms with Crippen molar-refractivity contribution in [2.75, 3.05) is 0 Å². The van der Waals surface area contributed by atoms with E-state index in [1.807, 2.05) is 0 Å². The van der Waals surface area contributed by atoms with Crippen molar-refractivity contribution in [3.63, 3.8) is 0 Å². The first-order valence-corrected chi connectivity index (χ1v) is 4.67. The number of hydrogen-bond donors (Lipinski definition) is 4. The Hall–Kier alpha value is -0.780. The Balaban J connectivity index is -0.0000000250. The molecule has 22 heavy (non-hydrogen) atoms. The third-order valence-electron chi connectivity index (χ3n) is 0.111. The molecule has 0 aliphatic carbocycles. The van der Waals surface area contributed by atoms with Crippen LogP contribution < -0.4 is 80.8 Å². The van der Waals surface area contributed by atoms with E-state index in [-0.39, 0.29) is 59.1 Å². The Morgan fingerprint density at radius 1 is 0.727 bits per heavy atom. The van der Waals surface area contributed by atoms with E-state index in [2.05, 4.69) is 0 Å². The number of carboxylic acid groups (broad SMARTS) is 4. The molecule has 0 saturated carbocycles. The van der Waals surface area contributed by atoms with Crippen molar-refractivity contribution in [2.45, 2.75) is 27.7 Å². The zero-order valence-electron chi connectivity index (χ0n) is 13.7. The molecule has 0 heterocycles. The summed E-state index contributed by atoms with van der Waals surface area (Å²) in [5.74, 6) is -3.83. The molecule has 10 nitrogen and oxygen atoms in total. The van der Waals surface area contributed by atoms with Gasteiger partial charge in [0.1, 0.15) is 0 Å². The van der Waals surface area contributed by atoms with Gasteiger partial charge in [-0.2, -0.15) is 0 Å². The Kier molecular flexibility index (Phi) is 83.4. The van der Waals surface area contributed by atoms with Crippen LogP contribution in [-0.4, -0.2) is 34.1 Å². The molecule has 120 valence electrons. The predicted octanol–water partition coefficient (Wildman–Crippen LogP) is -8.92. The van der Waals surface area contributed by atoms with Gasteiger partial charge in [0.15, 0.2) is 0 Å². The number of carbonyl (C=O) groups excluding carboxylic acids is 2. The molecule has 6 N–H and O–H groups in total. The number of aliphatic carboxylic acids is 4. The van der Waals surface area contributed by atoms with E-state index in [9.17, 15) is 0 Å². The van der Waals surface area contributed by atoms with Crippen LogP contribution in [0.4, 0.5) is 0 Å². The molecular formula is C10H20N2Na2O8.